The number of sulfonamides is 1. The van der Waals surface area contributed by atoms with Gasteiger partial charge in [-0.25, -0.2) is 12.7 Å². The van der Waals surface area contributed by atoms with Crippen LogP contribution in [0.3, 0.4) is 0 Å². The summed E-state index contributed by atoms with van der Waals surface area (Å²) in [5.41, 5.74) is 2.24. The average molecular weight is 254 g/mol. The lowest BCUT2D eigenvalue weighted by atomic mass is 10.2. The maximum Gasteiger partial charge on any atom is 0.214 e. The number of anilines is 1. The molecule has 0 spiro atoms. The second-order valence-electron chi connectivity index (χ2n) is 4.36. The molecule has 2 rings (SSSR count). The van der Waals surface area contributed by atoms with Gasteiger partial charge >= 0.3 is 0 Å². The zero-order valence-electron chi connectivity index (χ0n) is 10.0. The van der Waals surface area contributed by atoms with Gasteiger partial charge in [0.2, 0.25) is 10.0 Å². The van der Waals surface area contributed by atoms with E-state index >= 15 is 0 Å². The van der Waals surface area contributed by atoms with Crippen LogP contribution in [0.4, 0.5) is 5.69 Å². The molecule has 1 fully saturated rings. The van der Waals surface area contributed by atoms with Gasteiger partial charge in [0.25, 0.3) is 0 Å². The molecule has 0 aromatic heterocycles. The molecule has 1 heterocycles. The molecule has 0 radical (unpaired) electrons. The molecule has 0 amide bonds. The fourth-order valence-corrected chi connectivity index (χ4v) is 3.55. The predicted molar refractivity (Wildman–Crippen MR) is 69.6 cm³/mol. The first kappa shape index (κ1) is 12.4. The Hall–Kier alpha value is -1.07. The van der Waals surface area contributed by atoms with Gasteiger partial charge < -0.3 is 5.32 Å². The van der Waals surface area contributed by atoms with Crippen molar-refractivity contribution < 1.29 is 8.42 Å². The molecule has 0 atom stereocenters. The summed E-state index contributed by atoms with van der Waals surface area (Å²) < 4.78 is 24.7. The molecule has 1 aromatic rings. The minimum Gasteiger partial charge on any atom is -0.384 e. The quantitative estimate of drug-likeness (QED) is 0.884. The van der Waals surface area contributed by atoms with Crippen LogP contribution in [-0.4, -0.2) is 38.1 Å². The molecule has 94 valence electrons. The summed E-state index contributed by atoms with van der Waals surface area (Å²) in [7, 11) is -2.96. The first-order valence-corrected chi connectivity index (χ1v) is 7.47. The van der Waals surface area contributed by atoms with Gasteiger partial charge in [-0.2, -0.15) is 0 Å². The summed E-state index contributed by atoms with van der Waals surface area (Å²) >= 11 is 0. The Kier molecular flexibility index (Phi) is 3.69. The maximum atomic E-state index is 11.6. The minimum absolute atomic E-state index is 0.303. The molecule has 0 saturated carbocycles. The third-order valence-electron chi connectivity index (χ3n) is 2.91. The standard InChI is InChI=1S/C12H18N2O2S/c1-11-4-2-5-12(10-11)13-6-8-14-7-3-9-17(14,15)16/h2,4-5,10,13H,3,6-9H2,1H3. The first-order valence-electron chi connectivity index (χ1n) is 5.86. The summed E-state index contributed by atoms with van der Waals surface area (Å²) in [5, 5.41) is 3.24. The molecule has 1 aromatic carbocycles. The van der Waals surface area contributed by atoms with E-state index in [-0.39, 0.29) is 0 Å². The van der Waals surface area contributed by atoms with E-state index in [0.717, 1.165) is 12.1 Å². The van der Waals surface area contributed by atoms with Crippen LogP contribution in [-0.2, 0) is 10.0 Å². The highest BCUT2D eigenvalue weighted by Crippen LogP contribution is 2.13. The van der Waals surface area contributed by atoms with E-state index in [1.165, 1.54) is 5.56 Å². The summed E-state index contributed by atoms with van der Waals surface area (Å²) in [5.74, 6) is 0.303. The van der Waals surface area contributed by atoms with Gasteiger partial charge in [-0.1, -0.05) is 12.1 Å². The van der Waals surface area contributed by atoms with Gasteiger partial charge in [0.05, 0.1) is 5.75 Å². The number of nitrogens with one attached hydrogen (secondary N) is 1. The average Bonchev–Trinajstić information content (AvgIpc) is 2.58. The van der Waals surface area contributed by atoms with Crippen molar-refractivity contribution in [3.63, 3.8) is 0 Å². The van der Waals surface area contributed by atoms with Crippen LogP contribution < -0.4 is 5.32 Å². The summed E-state index contributed by atoms with van der Waals surface area (Å²) in [6.45, 7) is 3.91. The number of benzene rings is 1. The Morgan fingerprint density at radius 3 is 2.88 bits per heavy atom. The lowest BCUT2D eigenvalue weighted by molar-refractivity contribution is 0.456. The van der Waals surface area contributed by atoms with Crippen LogP contribution in [0.5, 0.6) is 0 Å². The fourth-order valence-electron chi connectivity index (χ4n) is 2.02. The zero-order chi connectivity index (χ0) is 12.3. The molecule has 1 aliphatic heterocycles. The van der Waals surface area contributed by atoms with Crippen LogP contribution in [0.1, 0.15) is 12.0 Å². The van der Waals surface area contributed by atoms with Crippen LogP contribution >= 0.6 is 0 Å². The molecule has 1 N–H and O–H groups in total. The second-order valence-corrected chi connectivity index (χ2v) is 6.45. The Labute approximate surface area is 103 Å². The number of rotatable bonds is 4. The van der Waals surface area contributed by atoms with Gasteiger partial charge in [-0.05, 0) is 31.0 Å². The third-order valence-corrected chi connectivity index (χ3v) is 4.87. The lowest BCUT2D eigenvalue weighted by Crippen LogP contribution is -2.30. The number of nitrogens with zero attached hydrogens (tertiary/aromatic N) is 1. The van der Waals surface area contributed by atoms with Crippen molar-refractivity contribution in [1.82, 2.24) is 4.31 Å². The topological polar surface area (TPSA) is 49.4 Å². The third kappa shape index (κ3) is 3.20. The summed E-state index contributed by atoms with van der Waals surface area (Å²) in [6.07, 6.45) is 0.757. The first-order chi connectivity index (χ1) is 8.08. The van der Waals surface area contributed by atoms with Crippen LogP contribution in [0.15, 0.2) is 24.3 Å². The van der Waals surface area contributed by atoms with Crippen molar-refractivity contribution >= 4 is 15.7 Å². The molecule has 0 unspecified atom stereocenters. The summed E-state index contributed by atoms with van der Waals surface area (Å²) in [4.78, 5) is 0. The van der Waals surface area contributed by atoms with Gasteiger partial charge in [0.1, 0.15) is 0 Å². The monoisotopic (exact) mass is 254 g/mol. The van der Waals surface area contributed by atoms with Gasteiger partial charge in [-0.3, -0.25) is 0 Å². The van der Waals surface area contributed by atoms with Gasteiger partial charge in [0, 0.05) is 25.3 Å². The largest absolute Gasteiger partial charge is 0.384 e. The van der Waals surface area contributed by atoms with Crippen molar-refractivity contribution in [3.05, 3.63) is 29.8 Å². The number of aryl methyl sites for hydroxylation is 1. The normalized spacial score (nSPS) is 19.4. The number of hydrogen-bond acceptors (Lipinski definition) is 3. The molecule has 1 aliphatic rings. The fraction of sp³-hybridized carbons (Fsp3) is 0.500. The van der Waals surface area contributed by atoms with Crippen LogP contribution in [0.25, 0.3) is 0 Å². The molecular formula is C12H18N2O2S. The highest BCUT2D eigenvalue weighted by atomic mass is 32.2. The zero-order valence-corrected chi connectivity index (χ0v) is 10.8. The molecule has 0 aliphatic carbocycles. The Morgan fingerprint density at radius 2 is 2.24 bits per heavy atom. The predicted octanol–water partition coefficient (Wildman–Crippen LogP) is 1.44. The lowest BCUT2D eigenvalue weighted by Gasteiger charge is -2.15. The summed E-state index contributed by atoms with van der Waals surface area (Å²) in [6, 6.07) is 8.07. The molecular weight excluding hydrogens is 236 g/mol. The highest BCUT2D eigenvalue weighted by Gasteiger charge is 2.27. The van der Waals surface area contributed by atoms with E-state index in [0.29, 0.717) is 25.4 Å². The molecule has 17 heavy (non-hydrogen) atoms. The van der Waals surface area contributed by atoms with E-state index in [2.05, 4.69) is 11.4 Å². The van der Waals surface area contributed by atoms with E-state index in [1.807, 2.05) is 25.1 Å². The molecule has 1 saturated heterocycles. The van der Waals surface area contributed by atoms with E-state index in [9.17, 15) is 8.42 Å². The van der Waals surface area contributed by atoms with Crippen LogP contribution in [0, 0.1) is 6.92 Å². The van der Waals surface area contributed by atoms with Crippen LogP contribution in [0.2, 0.25) is 0 Å². The Bertz CT molecular complexity index is 485. The Morgan fingerprint density at radius 1 is 1.41 bits per heavy atom. The van der Waals surface area contributed by atoms with E-state index in [4.69, 9.17) is 0 Å². The second kappa shape index (κ2) is 5.06. The molecule has 5 heteroatoms. The maximum absolute atomic E-state index is 11.6. The van der Waals surface area contributed by atoms with E-state index < -0.39 is 10.0 Å². The van der Waals surface area contributed by atoms with Crippen molar-refractivity contribution in [2.45, 2.75) is 13.3 Å². The Balaban J connectivity index is 1.84. The highest BCUT2D eigenvalue weighted by molar-refractivity contribution is 7.89. The van der Waals surface area contributed by atoms with Crippen molar-refractivity contribution in [1.29, 1.82) is 0 Å². The van der Waals surface area contributed by atoms with E-state index in [1.54, 1.807) is 4.31 Å². The van der Waals surface area contributed by atoms with Gasteiger partial charge in [0.15, 0.2) is 0 Å². The van der Waals surface area contributed by atoms with Crippen molar-refractivity contribution in [3.8, 4) is 0 Å². The van der Waals surface area contributed by atoms with Gasteiger partial charge in [-0.15, -0.1) is 0 Å². The molecule has 4 nitrogen and oxygen atoms in total. The SMILES string of the molecule is Cc1cccc(NCCN2CCCS2(=O)=O)c1. The molecule has 0 bridgehead atoms. The smallest absolute Gasteiger partial charge is 0.214 e. The van der Waals surface area contributed by atoms with Crippen molar-refractivity contribution in [2.24, 2.45) is 0 Å². The minimum atomic E-state index is -2.96. The number of hydrogen-bond donors (Lipinski definition) is 1. The van der Waals surface area contributed by atoms with Crippen molar-refractivity contribution in [2.75, 3.05) is 30.7 Å².